The number of hydrogen-bond donors (Lipinski definition) is 1. The molecule has 1 N–H and O–H groups in total. The third-order valence-electron chi connectivity index (χ3n) is 5.32. The van der Waals surface area contributed by atoms with Gasteiger partial charge >= 0.3 is 0 Å². The van der Waals surface area contributed by atoms with E-state index in [9.17, 15) is 9.90 Å². The van der Waals surface area contributed by atoms with Gasteiger partial charge in [-0.05, 0) is 87.4 Å². The maximum absolute atomic E-state index is 12.0. The summed E-state index contributed by atoms with van der Waals surface area (Å²) in [5, 5.41) is 11.4. The van der Waals surface area contributed by atoms with Crippen molar-refractivity contribution in [2.45, 2.75) is 54.1 Å². The third kappa shape index (κ3) is 2.72. The van der Waals surface area contributed by atoms with Crippen molar-refractivity contribution >= 4 is 5.78 Å². The molecule has 0 bridgehead atoms. The molecule has 1 atom stereocenters. The van der Waals surface area contributed by atoms with Gasteiger partial charge in [0.1, 0.15) is 5.60 Å². The second-order valence-corrected chi connectivity index (χ2v) is 6.67. The minimum atomic E-state index is -1.21. The Balaban J connectivity index is 2.84. The van der Waals surface area contributed by atoms with Gasteiger partial charge in [-0.1, -0.05) is 24.3 Å². The van der Waals surface area contributed by atoms with Crippen LogP contribution in [-0.2, 0) is 5.60 Å². The molecule has 23 heavy (non-hydrogen) atoms. The molecular formula is C21H26O2. The number of benzene rings is 2. The quantitative estimate of drug-likeness (QED) is 0.835. The topological polar surface area (TPSA) is 37.3 Å². The fraction of sp³-hybridized carbons (Fsp3) is 0.381. The Hall–Kier alpha value is -1.93. The fourth-order valence-corrected chi connectivity index (χ4v) is 3.58. The SMILES string of the molecule is CC(=O)c1ccccc1C(C)(O)c1c(C)c(C)c(C)c(C)c1C. The summed E-state index contributed by atoms with van der Waals surface area (Å²) in [6, 6.07) is 7.33. The molecule has 0 aliphatic heterocycles. The molecule has 2 aromatic carbocycles. The van der Waals surface area contributed by atoms with E-state index in [0.29, 0.717) is 11.1 Å². The summed E-state index contributed by atoms with van der Waals surface area (Å²) < 4.78 is 0. The van der Waals surface area contributed by atoms with Gasteiger partial charge in [0.25, 0.3) is 0 Å². The predicted molar refractivity (Wildman–Crippen MR) is 95.2 cm³/mol. The zero-order chi connectivity index (χ0) is 17.5. The summed E-state index contributed by atoms with van der Waals surface area (Å²) >= 11 is 0. The number of hydrogen-bond acceptors (Lipinski definition) is 2. The van der Waals surface area contributed by atoms with Crippen LogP contribution in [-0.4, -0.2) is 10.9 Å². The van der Waals surface area contributed by atoms with Crippen molar-refractivity contribution in [3.8, 4) is 0 Å². The number of rotatable bonds is 3. The van der Waals surface area contributed by atoms with Crippen molar-refractivity contribution in [3.63, 3.8) is 0 Å². The number of Topliss-reactive ketones (excluding diaryl/α,β-unsaturated/α-hetero) is 1. The van der Waals surface area contributed by atoms with Crippen molar-refractivity contribution < 1.29 is 9.90 Å². The van der Waals surface area contributed by atoms with E-state index in [4.69, 9.17) is 0 Å². The highest BCUT2D eigenvalue weighted by Crippen LogP contribution is 2.39. The molecule has 2 heteroatoms. The van der Waals surface area contributed by atoms with Gasteiger partial charge in [-0.2, -0.15) is 0 Å². The van der Waals surface area contributed by atoms with E-state index >= 15 is 0 Å². The first-order chi connectivity index (χ1) is 10.6. The monoisotopic (exact) mass is 310 g/mol. The van der Waals surface area contributed by atoms with Crippen molar-refractivity contribution in [1.82, 2.24) is 0 Å². The Labute approximate surface area is 139 Å². The summed E-state index contributed by atoms with van der Waals surface area (Å²) in [6.45, 7) is 13.7. The van der Waals surface area contributed by atoms with E-state index in [1.807, 2.05) is 18.2 Å². The summed E-state index contributed by atoms with van der Waals surface area (Å²) in [4.78, 5) is 12.0. The van der Waals surface area contributed by atoms with Gasteiger partial charge in [-0.15, -0.1) is 0 Å². The normalized spacial score (nSPS) is 13.7. The van der Waals surface area contributed by atoms with Gasteiger partial charge in [0.15, 0.2) is 5.78 Å². The third-order valence-corrected chi connectivity index (χ3v) is 5.32. The molecule has 0 heterocycles. The average Bonchev–Trinajstić information content (AvgIpc) is 2.51. The van der Waals surface area contributed by atoms with Crippen molar-refractivity contribution in [2.24, 2.45) is 0 Å². The van der Waals surface area contributed by atoms with Gasteiger partial charge in [-0.3, -0.25) is 4.79 Å². The Kier molecular flexibility index (Phi) is 4.50. The fourth-order valence-electron chi connectivity index (χ4n) is 3.58. The number of carbonyl (C=O) groups excluding carboxylic acids is 1. The van der Waals surface area contributed by atoms with Crippen LogP contribution in [0.2, 0.25) is 0 Å². The molecule has 0 amide bonds. The van der Waals surface area contributed by atoms with E-state index in [1.54, 1.807) is 19.9 Å². The molecule has 122 valence electrons. The lowest BCUT2D eigenvalue weighted by Gasteiger charge is -2.32. The van der Waals surface area contributed by atoms with Crippen LogP contribution < -0.4 is 0 Å². The second kappa shape index (κ2) is 5.93. The van der Waals surface area contributed by atoms with Crippen LogP contribution in [0.25, 0.3) is 0 Å². The zero-order valence-corrected chi connectivity index (χ0v) is 15.2. The molecule has 2 rings (SSSR count). The van der Waals surface area contributed by atoms with Crippen LogP contribution in [0.5, 0.6) is 0 Å². The maximum atomic E-state index is 12.0. The molecule has 1 unspecified atom stereocenters. The van der Waals surface area contributed by atoms with Crippen LogP contribution in [0.3, 0.4) is 0 Å². The summed E-state index contributed by atoms with van der Waals surface area (Å²) in [6.07, 6.45) is 0. The Morgan fingerprint density at radius 1 is 0.870 bits per heavy atom. The van der Waals surface area contributed by atoms with Crippen LogP contribution in [0, 0.1) is 34.6 Å². The van der Waals surface area contributed by atoms with E-state index in [1.165, 1.54) is 16.7 Å². The molecule has 0 saturated heterocycles. The van der Waals surface area contributed by atoms with E-state index in [0.717, 1.165) is 16.7 Å². The first kappa shape index (κ1) is 17.4. The first-order valence-electron chi connectivity index (χ1n) is 8.01. The zero-order valence-electron chi connectivity index (χ0n) is 15.2. The first-order valence-corrected chi connectivity index (χ1v) is 8.01. The Morgan fingerprint density at radius 3 is 1.78 bits per heavy atom. The highest BCUT2D eigenvalue weighted by atomic mass is 16.3. The highest BCUT2D eigenvalue weighted by molar-refractivity contribution is 5.96. The minimum absolute atomic E-state index is 0.0308. The smallest absolute Gasteiger partial charge is 0.160 e. The van der Waals surface area contributed by atoms with Crippen molar-refractivity contribution in [1.29, 1.82) is 0 Å². The lowest BCUT2D eigenvalue weighted by atomic mass is 9.77. The van der Waals surface area contributed by atoms with Crippen molar-refractivity contribution in [2.75, 3.05) is 0 Å². The summed E-state index contributed by atoms with van der Waals surface area (Å²) in [5.74, 6) is -0.0308. The van der Waals surface area contributed by atoms with E-state index in [-0.39, 0.29) is 5.78 Å². The van der Waals surface area contributed by atoms with Gasteiger partial charge in [0, 0.05) is 5.56 Å². The molecular weight excluding hydrogens is 284 g/mol. The van der Waals surface area contributed by atoms with Gasteiger partial charge < -0.3 is 5.11 Å². The molecule has 0 spiro atoms. The highest BCUT2D eigenvalue weighted by Gasteiger charge is 2.33. The van der Waals surface area contributed by atoms with E-state index in [2.05, 4.69) is 34.6 Å². The summed E-state index contributed by atoms with van der Waals surface area (Å²) in [7, 11) is 0. The molecule has 2 aromatic rings. The molecule has 0 radical (unpaired) electrons. The Bertz CT molecular complexity index is 754. The Morgan fingerprint density at radius 2 is 1.30 bits per heavy atom. The van der Waals surface area contributed by atoms with Gasteiger partial charge in [-0.25, -0.2) is 0 Å². The van der Waals surface area contributed by atoms with E-state index < -0.39 is 5.60 Å². The van der Waals surface area contributed by atoms with Gasteiger partial charge in [0.2, 0.25) is 0 Å². The van der Waals surface area contributed by atoms with Crippen LogP contribution in [0.15, 0.2) is 24.3 Å². The molecule has 0 aliphatic carbocycles. The number of ketones is 1. The maximum Gasteiger partial charge on any atom is 0.160 e. The van der Waals surface area contributed by atoms with Crippen LogP contribution in [0.4, 0.5) is 0 Å². The largest absolute Gasteiger partial charge is 0.381 e. The standard InChI is InChI=1S/C21H26O2/c1-12-13(2)15(4)20(16(5)14(12)3)21(7,23)19-11-9-8-10-18(19)17(6)22/h8-11,23H,1-7H3. The number of carbonyl (C=O) groups is 1. The van der Waals surface area contributed by atoms with Crippen LogP contribution in [0.1, 0.15) is 63.1 Å². The molecule has 0 aromatic heterocycles. The molecule has 2 nitrogen and oxygen atoms in total. The molecule has 0 fully saturated rings. The lowest BCUT2D eigenvalue weighted by molar-refractivity contribution is 0.0925. The lowest BCUT2D eigenvalue weighted by Crippen LogP contribution is -2.28. The predicted octanol–water partition coefficient (Wildman–Crippen LogP) is 4.69. The second-order valence-electron chi connectivity index (χ2n) is 6.67. The average molecular weight is 310 g/mol. The van der Waals surface area contributed by atoms with Crippen molar-refractivity contribution in [3.05, 3.63) is 68.8 Å². The van der Waals surface area contributed by atoms with Gasteiger partial charge in [0.05, 0.1) is 0 Å². The molecule has 0 saturated carbocycles. The molecule has 0 aliphatic rings. The number of aliphatic hydroxyl groups is 1. The minimum Gasteiger partial charge on any atom is -0.381 e. The summed E-state index contributed by atoms with van der Waals surface area (Å²) in [5.41, 5.74) is 6.79. The van der Waals surface area contributed by atoms with Crippen LogP contribution >= 0.6 is 0 Å².